The molecule has 1 aromatic carbocycles. The van der Waals surface area contributed by atoms with Gasteiger partial charge < -0.3 is 23.8 Å². The van der Waals surface area contributed by atoms with E-state index in [4.69, 9.17) is 9.47 Å². The number of hydrogen-bond acceptors (Lipinski definition) is 7. The van der Waals surface area contributed by atoms with Crippen molar-refractivity contribution in [1.82, 2.24) is 24.6 Å². The maximum atomic E-state index is 12.9. The van der Waals surface area contributed by atoms with Crippen molar-refractivity contribution in [1.29, 1.82) is 0 Å². The molecule has 1 fully saturated rings. The van der Waals surface area contributed by atoms with Crippen LogP contribution in [-0.2, 0) is 29.2 Å². The summed E-state index contributed by atoms with van der Waals surface area (Å²) >= 11 is 1.39. The Kier molecular flexibility index (Phi) is 7.74. The predicted molar refractivity (Wildman–Crippen MR) is 124 cm³/mol. The summed E-state index contributed by atoms with van der Waals surface area (Å²) in [6.45, 7) is 7.28. The van der Waals surface area contributed by atoms with Gasteiger partial charge in [-0.25, -0.2) is 0 Å². The van der Waals surface area contributed by atoms with E-state index in [1.54, 1.807) is 0 Å². The first-order valence-electron chi connectivity index (χ1n) is 11.6. The third-order valence-electron chi connectivity index (χ3n) is 5.98. The van der Waals surface area contributed by atoms with Crippen molar-refractivity contribution in [2.24, 2.45) is 0 Å². The van der Waals surface area contributed by atoms with Crippen molar-refractivity contribution in [3.05, 3.63) is 29.6 Å². The largest absolute Gasteiger partial charge is 0.454 e. The minimum absolute atomic E-state index is 0.0371. The molecule has 178 valence electrons. The highest BCUT2D eigenvalue weighted by Crippen LogP contribution is 2.33. The number of nitrogens with zero attached hydrogens (tertiary/aromatic N) is 5. The van der Waals surface area contributed by atoms with Crippen molar-refractivity contribution in [3.63, 3.8) is 0 Å². The topological polar surface area (TPSA) is 89.8 Å². The van der Waals surface area contributed by atoms with Crippen molar-refractivity contribution in [2.45, 2.75) is 64.3 Å². The van der Waals surface area contributed by atoms with Crippen LogP contribution in [0, 0.1) is 0 Å². The van der Waals surface area contributed by atoms with Crippen molar-refractivity contribution in [2.75, 3.05) is 25.6 Å². The molecule has 4 rings (SSSR count). The zero-order valence-corrected chi connectivity index (χ0v) is 20.1. The van der Waals surface area contributed by atoms with E-state index < -0.39 is 0 Å². The molecule has 2 amide bonds. The van der Waals surface area contributed by atoms with E-state index in [0.717, 1.165) is 48.7 Å². The number of carbonyl (C=O) groups excluding carboxylic acids is 2. The highest BCUT2D eigenvalue weighted by molar-refractivity contribution is 7.99. The number of fused-ring (bicyclic) bond motifs is 1. The predicted octanol–water partition coefficient (Wildman–Crippen LogP) is 3.07. The summed E-state index contributed by atoms with van der Waals surface area (Å²) in [6.07, 6.45) is 3.68. The monoisotopic (exact) mass is 473 g/mol. The molecule has 2 aromatic rings. The first kappa shape index (κ1) is 23.4. The maximum Gasteiger partial charge on any atom is 0.233 e. The Balaban J connectivity index is 1.36. The van der Waals surface area contributed by atoms with Crippen molar-refractivity contribution in [3.8, 4) is 11.5 Å². The Hall–Kier alpha value is -2.75. The van der Waals surface area contributed by atoms with Crippen molar-refractivity contribution >= 4 is 23.6 Å². The van der Waals surface area contributed by atoms with Crippen LogP contribution < -0.4 is 9.47 Å². The van der Waals surface area contributed by atoms with Crippen LogP contribution in [0.25, 0.3) is 0 Å². The Labute approximate surface area is 198 Å². The van der Waals surface area contributed by atoms with E-state index in [9.17, 15) is 9.59 Å². The first-order chi connectivity index (χ1) is 16.1. The van der Waals surface area contributed by atoms with Crippen LogP contribution in [0.1, 0.15) is 50.9 Å². The van der Waals surface area contributed by atoms with Gasteiger partial charge in [-0.3, -0.25) is 9.59 Å². The van der Waals surface area contributed by atoms with Gasteiger partial charge in [0.1, 0.15) is 0 Å². The SMILES string of the molecule is CCN(Cc1ccc2c(c1)OCO2)C(=O)CSc1nnc(CN2CCCCCC2=O)n1CC. The molecule has 0 aliphatic carbocycles. The number of benzene rings is 1. The molecular weight excluding hydrogens is 442 g/mol. The summed E-state index contributed by atoms with van der Waals surface area (Å²) in [5.74, 6) is 2.73. The Morgan fingerprint density at radius 2 is 2.00 bits per heavy atom. The molecule has 0 bridgehead atoms. The number of thioether (sulfide) groups is 1. The zero-order valence-electron chi connectivity index (χ0n) is 19.3. The number of hydrogen-bond donors (Lipinski definition) is 0. The van der Waals surface area contributed by atoms with E-state index in [2.05, 4.69) is 10.2 Å². The highest BCUT2D eigenvalue weighted by Gasteiger charge is 2.22. The van der Waals surface area contributed by atoms with Crippen molar-refractivity contribution < 1.29 is 19.1 Å². The molecule has 1 aromatic heterocycles. The quantitative estimate of drug-likeness (QED) is 0.517. The summed E-state index contributed by atoms with van der Waals surface area (Å²) in [7, 11) is 0. The van der Waals surface area contributed by atoms with Gasteiger partial charge in [0.05, 0.1) is 12.3 Å². The summed E-state index contributed by atoms with van der Waals surface area (Å²) in [5.41, 5.74) is 1.00. The average molecular weight is 474 g/mol. The third-order valence-corrected chi connectivity index (χ3v) is 6.93. The van der Waals surface area contributed by atoms with Crippen LogP contribution in [0.3, 0.4) is 0 Å². The van der Waals surface area contributed by atoms with Crippen LogP contribution >= 0.6 is 11.8 Å². The first-order valence-corrected chi connectivity index (χ1v) is 12.6. The van der Waals surface area contributed by atoms with Crippen LogP contribution in [0.5, 0.6) is 11.5 Å². The van der Waals surface area contributed by atoms with E-state index in [1.165, 1.54) is 11.8 Å². The van der Waals surface area contributed by atoms with Gasteiger partial charge in [-0.15, -0.1) is 10.2 Å². The molecule has 0 atom stereocenters. The lowest BCUT2D eigenvalue weighted by Crippen LogP contribution is -2.32. The number of rotatable bonds is 9. The van der Waals surface area contributed by atoms with Gasteiger partial charge in [0, 0.05) is 32.6 Å². The maximum absolute atomic E-state index is 12.9. The molecule has 9 nitrogen and oxygen atoms in total. The smallest absolute Gasteiger partial charge is 0.233 e. The molecule has 0 spiro atoms. The molecular formula is C23H31N5O4S. The molecule has 3 heterocycles. The van der Waals surface area contributed by atoms with Gasteiger partial charge in [0.15, 0.2) is 22.5 Å². The fraction of sp³-hybridized carbons (Fsp3) is 0.565. The summed E-state index contributed by atoms with van der Waals surface area (Å²) in [5, 5.41) is 9.37. The lowest BCUT2D eigenvalue weighted by atomic mass is 10.2. The summed E-state index contributed by atoms with van der Waals surface area (Å²) in [4.78, 5) is 29.0. The minimum atomic E-state index is 0.0371. The number of aromatic nitrogens is 3. The average Bonchev–Trinajstić information content (AvgIpc) is 3.39. The molecule has 0 radical (unpaired) electrons. The van der Waals surface area contributed by atoms with Gasteiger partial charge in [0.25, 0.3) is 0 Å². The fourth-order valence-electron chi connectivity index (χ4n) is 4.09. The minimum Gasteiger partial charge on any atom is -0.454 e. The fourth-order valence-corrected chi connectivity index (χ4v) is 5.01. The lowest BCUT2D eigenvalue weighted by molar-refractivity contribution is -0.131. The molecule has 2 aliphatic rings. The molecule has 10 heteroatoms. The lowest BCUT2D eigenvalue weighted by Gasteiger charge is -2.21. The van der Waals surface area contributed by atoms with E-state index >= 15 is 0 Å². The van der Waals surface area contributed by atoms with Gasteiger partial charge >= 0.3 is 0 Å². The number of amides is 2. The number of ether oxygens (including phenoxy) is 2. The Bertz CT molecular complexity index is 995. The summed E-state index contributed by atoms with van der Waals surface area (Å²) < 4.78 is 12.8. The van der Waals surface area contributed by atoms with E-state index in [1.807, 2.05) is 46.4 Å². The Morgan fingerprint density at radius 3 is 2.82 bits per heavy atom. The van der Waals surface area contributed by atoms with Gasteiger partial charge in [-0.2, -0.15) is 0 Å². The van der Waals surface area contributed by atoms with E-state index in [-0.39, 0.29) is 24.4 Å². The van der Waals surface area contributed by atoms with Gasteiger partial charge in [-0.05, 0) is 44.4 Å². The second-order valence-corrected chi connectivity index (χ2v) is 9.10. The molecule has 1 saturated heterocycles. The molecule has 0 unspecified atom stereocenters. The number of carbonyl (C=O) groups is 2. The molecule has 33 heavy (non-hydrogen) atoms. The van der Waals surface area contributed by atoms with Gasteiger partial charge in [0.2, 0.25) is 18.6 Å². The van der Waals surface area contributed by atoms with Gasteiger partial charge in [-0.1, -0.05) is 24.2 Å². The number of likely N-dealkylation sites (tertiary alicyclic amines) is 1. The third kappa shape index (κ3) is 5.61. The standard InChI is InChI=1S/C23H31N5O4S/c1-3-26(13-17-9-10-18-19(12-17)32-16-31-18)22(30)15-33-23-25-24-20(28(23)4-2)14-27-11-7-5-6-8-21(27)29/h9-10,12H,3-8,11,13-16H2,1-2H3. The van der Waals surface area contributed by atoms with Crippen LogP contribution in [0.2, 0.25) is 0 Å². The van der Waals surface area contributed by atoms with Crippen LogP contribution in [-0.4, -0.2) is 62.0 Å². The van der Waals surface area contributed by atoms with Crippen LogP contribution in [0.15, 0.2) is 23.4 Å². The molecule has 0 saturated carbocycles. The molecule has 0 N–H and O–H groups in total. The molecule has 2 aliphatic heterocycles. The second-order valence-electron chi connectivity index (χ2n) is 8.15. The highest BCUT2D eigenvalue weighted by atomic mass is 32.2. The van der Waals surface area contributed by atoms with Crippen LogP contribution in [0.4, 0.5) is 0 Å². The normalized spacial score (nSPS) is 15.6. The summed E-state index contributed by atoms with van der Waals surface area (Å²) in [6, 6.07) is 5.77. The van der Waals surface area contributed by atoms with E-state index in [0.29, 0.717) is 37.8 Å². The second kappa shape index (κ2) is 10.9. The zero-order chi connectivity index (χ0) is 23.2. The Morgan fingerprint density at radius 1 is 1.15 bits per heavy atom.